The summed E-state index contributed by atoms with van der Waals surface area (Å²) in [4.78, 5) is 11.9. The van der Waals surface area contributed by atoms with Crippen LogP contribution in [0.15, 0.2) is 0 Å². The van der Waals surface area contributed by atoms with E-state index in [0.717, 1.165) is 0 Å². The second kappa shape index (κ2) is 7.53. The van der Waals surface area contributed by atoms with Crippen molar-refractivity contribution in [3.63, 3.8) is 0 Å². The van der Waals surface area contributed by atoms with Crippen molar-refractivity contribution < 1.29 is 18.4 Å². The minimum atomic E-state index is -3.58. The number of carbonyl (C=O) groups excluding carboxylic acids is 1. The first-order chi connectivity index (χ1) is 8.51. The van der Waals surface area contributed by atoms with E-state index < -0.39 is 19.3 Å². The first-order valence-corrected chi connectivity index (χ1v) is 8.35. The van der Waals surface area contributed by atoms with Crippen LogP contribution < -0.4 is 5.73 Å². The molecule has 2 unspecified atom stereocenters. The maximum atomic E-state index is 13.0. The normalized spacial score (nSPS) is 16.2. The molecule has 0 aromatic rings. The molecule has 0 spiro atoms. The highest BCUT2D eigenvalue weighted by molar-refractivity contribution is 7.55. The molecule has 2 N–H and O–H groups in total. The van der Waals surface area contributed by atoms with Crippen LogP contribution in [0.5, 0.6) is 0 Å². The van der Waals surface area contributed by atoms with E-state index in [0.29, 0.717) is 0 Å². The molecular weight excluding hydrogens is 265 g/mol. The van der Waals surface area contributed by atoms with Crippen molar-refractivity contribution >= 4 is 13.4 Å². The van der Waals surface area contributed by atoms with E-state index in [1.165, 1.54) is 6.92 Å². The first kappa shape index (κ1) is 18.8. The smallest absolute Gasteiger partial charge is 0.326 e. The summed E-state index contributed by atoms with van der Waals surface area (Å²) in [5.74, 6) is -0.250. The SMILES string of the molecule is CC(=O)C(C(N)C(C)C)P(=O)(OC(C)C)OC(C)C. The molecular formula is C13H28NO4P. The molecule has 0 radical (unpaired) electrons. The highest BCUT2D eigenvalue weighted by Crippen LogP contribution is 2.56. The summed E-state index contributed by atoms with van der Waals surface area (Å²) in [6.45, 7) is 12.2. The molecule has 0 aliphatic heterocycles. The van der Waals surface area contributed by atoms with Gasteiger partial charge in [-0.05, 0) is 40.5 Å². The molecule has 0 rings (SSSR count). The summed E-state index contributed by atoms with van der Waals surface area (Å²) in [6, 6.07) is -0.555. The van der Waals surface area contributed by atoms with Crippen LogP contribution in [-0.2, 0) is 18.4 Å². The second-order valence-corrected chi connectivity index (χ2v) is 7.78. The van der Waals surface area contributed by atoms with Crippen molar-refractivity contribution in [1.29, 1.82) is 0 Å². The van der Waals surface area contributed by atoms with Gasteiger partial charge in [-0.2, -0.15) is 0 Å². The Morgan fingerprint density at radius 2 is 1.37 bits per heavy atom. The van der Waals surface area contributed by atoms with E-state index in [2.05, 4.69) is 0 Å². The Hall–Kier alpha value is -0.220. The van der Waals surface area contributed by atoms with Crippen molar-refractivity contribution in [2.75, 3.05) is 0 Å². The molecule has 2 atom stereocenters. The lowest BCUT2D eigenvalue weighted by atomic mass is 10.00. The van der Waals surface area contributed by atoms with Gasteiger partial charge in [-0.3, -0.25) is 9.36 Å². The molecule has 19 heavy (non-hydrogen) atoms. The molecule has 0 heterocycles. The quantitative estimate of drug-likeness (QED) is 0.696. The maximum absolute atomic E-state index is 13.0. The lowest BCUT2D eigenvalue weighted by Gasteiger charge is -2.33. The monoisotopic (exact) mass is 293 g/mol. The molecule has 114 valence electrons. The van der Waals surface area contributed by atoms with Crippen LogP contribution in [0, 0.1) is 5.92 Å². The summed E-state index contributed by atoms with van der Waals surface area (Å²) in [7, 11) is -3.58. The Morgan fingerprint density at radius 1 is 1.00 bits per heavy atom. The number of nitrogens with two attached hydrogens (primary N) is 1. The van der Waals surface area contributed by atoms with E-state index in [1.54, 1.807) is 27.7 Å². The highest BCUT2D eigenvalue weighted by Gasteiger charge is 2.45. The lowest BCUT2D eigenvalue weighted by molar-refractivity contribution is -0.117. The van der Waals surface area contributed by atoms with Gasteiger partial charge in [0.25, 0.3) is 0 Å². The molecule has 0 aliphatic rings. The Balaban J connectivity index is 5.49. The van der Waals surface area contributed by atoms with Gasteiger partial charge >= 0.3 is 7.60 Å². The average Bonchev–Trinajstić information content (AvgIpc) is 2.12. The van der Waals surface area contributed by atoms with Crippen LogP contribution in [0.25, 0.3) is 0 Å². The van der Waals surface area contributed by atoms with Crippen LogP contribution >= 0.6 is 7.60 Å². The molecule has 0 fully saturated rings. The van der Waals surface area contributed by atoms with E-state index in [-0.39, 0.29) is 23.9 Å². The second-order valence-electron chi connectivity index (χ2n) is 5.73. The van der Waals surface area contributed by atoms with Gasteiger partial charge < -0.3 is 14.8 Å². The zero-order valence-corrected chi connectivity index (χ0v) is 13.9. The Kier molecular flexibility index (Phi) is 7.45. The minimum Gasteiger partial charge on any atom is -0.326 e. The summed E-state index contributed by atoms with van der Waals surface area (Å²) in [5.41, 5.74) is 5.13. The predicted molar refractivity (Wildman–Crippen MR) is 77.3 cm³/mol. The van der Waals surface area contributed by atoms with E-state index in [4.69, 9.17) is 14.8 Å². The van der Waals surface area contributed by atoms with Crippen molar-refractivity contribution in [3.05, 3.63) is 0 Å². The molecule has 0 aromatic heterocycles. The number of rotatable bonds is 8. The van der Waals surface area contributed by atoms with Crippen LogP contribution in [0.2, 0.25) is 0 Å². The van der Waals surface area contributed by atoms with Crippen molar-refractivity contribution in [1.82, 2.24) is 0 Å². The topological polar surface area (TPSA) is 78.6 Å². The van der Waals surface area contributed by atoms with Gasteiger partial charge in [0.1, 0.15) is 11.4 Å². The predicted octanol–water partition coefficient (Wildman–Crippen LogP) is 2.97. The van der Waals surface area contributed by atoms with Crippen LogP contribution in [-0.4, -0.2) is 29.7 Å². The van der Waals surface area contributed by atoms with Crippen LogP contribution in [0.4, 0.5) is 0 Å². The lowest BCUT2D eigenvalue weighted by Crippen LogP contribution is -2.44. The van der Waals surface area contributed by atoms with Crippen molar-refractivity contribution in [3.8, 4) is 0 Å². The maximum Gasteiger partial charge on any atom is 0.343 e. The number of ketones is 1. The molecule has 0 aliphatic carbocycles. The van der Waals surface area contributed by atoms with Gasteiger partial charge in [-0.25, -0.2) is 0 Å². The summed E-state index contributed by atoms with van der Waals surface area (Å²) in [6.07, 6.45) is -0.600. The van der Waals surface area contributed by atoms with Gasteiger partial charge in [-0.15, -0.1) is 0 Å². The molecule has 0 aromatic carbocycles. The number of hydrogen-bond donors (Lipinski definition) is 1. The number of Topliss-reactive ketones (excluding diaryl/α,β-unsaturated/α-hetero) is 1. The third-order valence-corrected chi connectivity index (χ3v) is 5.43. The molecule has 0 saturated heterocycles. The summed E-state index contributed by atoms with van der Waals surface area (Å²) >= 11 is 0. The Bertz CT molecular complexity index is 328. The van der Waals surface area contributed by atoms with Crippen LogP contribution in [0.3, 0.4) is 0 Å². The number of carbonyl (C=O) groups is 1. The number of hydrogen-bond acceptors (Lipinski definition) is 5. The fraction of sp³-hybridized carbons (Fsp3) is 0.923. The third kappa shape index (κ3) is 5.74. The highest BCUT2D eigenvalue weighted by atomic mass is 31.2. The van der Waals surface area contributed by atoms with Gasteiger partial charge in [0.05, 0.1) is 12.2 Å². The summed E-state index contributed by atoms with van der Waals surface area (Å²) < 4.78 is 23.9. The minimum absolute atomic E-state index is 0.00810. The molecule has 5 nitrogen and oxygen atoms in total. The van der Waals surface area contributed by atoms with Gasteiger partial charge in [0, 0.05) is 6.04 Å². The van der Waals surface area contributed by atoms with Crippen molar-refractivity contribution in [2.45, 2.75) is 72.4 Å². The van der Waals surface area contributed by atoms with Crippen molar-refractivity contribution in [2.24, 2.45) is 11.7 Å². The van der Waals surface area contributed by atoms with Crippen LogP contribution in [0.1, 0.15) is 48.5 Å². The van der Waals surface area contributed by atoms with E-state index in [1.807, 2.05) is 13.8 Å². The first-order valence-electron chi connectivity index (χ1n) is 6.73. The Morgan fingerprint density at radius 3 is 1.58 bits per heavy atom. The molecule has 0 bridgehead atoms. The van der Waals surface area contributed by atoms with E-state index >= 15 is 0 Å². The third-order valence-electron chi connectivity index (χ3n) is 2.61. The molecule has 0 saturated carbocycles. The summed E-state index contributed by atoms with van der Waals surface area (Å²) in [5, 5.41) is 0. The fourth-order valence-electron chi connectivity index (χ4n) is 1.81. The standard InChI is InChI=1S/C13H28NO4P/c1-8(2)12(14)13(11(7)15)19(16,17-9(3)4)18-10(5)6/h8-10,12-13H,14H2,1-7H3. The molecule has 6 heteroatoms. The average molecular weight is 293 g/mol. The van der Waals surface area contributed by atoms with Gasteiger partial charge in [0.15, 0.2) is 0 Å². The zero-order valence-electron chi connectivity index (χ0n) is 13.0. The largest absolute Gasteiger partial charge is 0.343 e. The van der Waals surface area contributed by atoms with E-state index in [9.17, 15) is 9.36 Å². The Labute approximate surface area is 116 Å². The van der Waals surface area contributed by atoms with Gasteiger partial charge in [0.2, 0.25) is 0 Å². The molecule has 0 amide bonds. The fourth-order valence-corrected chi connectivity index (χ4v) is 4.51. The zero-order chi connectivity index (χ0) is 15.4. The van der Waals surface area contributed by atoms with Gasteiger partial charge in [-0.1, -0.05) is 13.8 Å².